The average Bonchev–Trinajstić information content (AvgIpc) is 2.55. The summed E-state index contributed by atoms with van der Waals surface area (Å²) in [6.07, 6.45) is 0.438. The number of hydrogen-bond donors (Lipinski definition) is 2. The van der Waals surface area contributed by atoms with Gasteiger partial charge in [-0.1, -0.05) is 24.3 Å². The number of carbonyl (C=O) groups is 1. The number of nitrogens with zero attached hydrogens (tertiary/aromatic N) is 1. The molecule has 4 N–H and O–H groups in total. The van der Waals surface area contributed by atoms with Crippen molar-refractivity contribution in [3.05, 3.63) is 59.7 Å². The van der Waals surface area contributed by atoms with Gasteiger partial charge in [-0.3, -0.25) is 0 Å². The Hall–Kier alpha value is -2.69. The first-order chi connectivity index (χ1) is 11.1. The Morgan fingerprint density at radius 1 is 0.957 bits per heavy atom. The van der Waals surface area contributed by atoms with E-state index in [4.69, 9.17) is 16.2 Å². The Bertz CT molecular complexity index is 624. The van der Waals surface area contributed by atoms with Crippen molar-refractivity contribution in [1.29, 1.82) is 0 Å². The van der Waals surface area contributed by atoms with Crippen LogP contribution in [0, 0.1) is 0 Å². The van der Waals surface area contributed by atoms with Crippen LogP contribution in [0.5, 0.6) is 0 Å². The lowest BCUT2D eigenvalue weighted by atomic mass is 10.1. The Morgan fingerprint density at radius 3 is 2.00 bits per heavy atom. The first-order valence-corrected chi connectivity index (χ1v) is 7.69. The van der Waals surface area contributed by atoms with Gasteiger partial charge >= 0.3 is 6.09 Å². The zero-order valence-electron chi connectivity index (χ0n) is 13.4. The van der Waals surface area contributed by atoms with E-state index < -0.39 is 0 Å². The van der Waals surface area contributed by atoms with Gasteiger partial charge in [0.2, 0.25) is 0 Å². The fraction of sp³-hybridized carbons (Fsp3) is 0.278. The summed E-state index contributed by atoms with van der Waals surface area (Å²) >= 11 is 0. The van der Waals surface area contributed by atoms with E-state index in [1.165, 1.54) is 0 Å². The summed E-state index contributed by atoms with van der Waals surface area (Å²) in [5.74, 6) is 0. The zero-order chi connectivity index (χ0) is 16.7. The molecule has 0 aromatic heterocycles. The molecule has 0 saturated carbocycles. The lowest BCUT2D eigenvalue weighted by molar-refractivity contribution is 0.105. The van der Waals surface area contributed by atoms with Crippen molar-refractivity contribution in [3.8, 4) is 0 Å². The molecule has 0 radical (unpaired) electrons. The number of nitrogens with two attached hydrogens (primary N) is 2. The van der Waals surface area contributed by atoms with Crippen molar-refractivity contribution in [2.75, 3.05) is 24.6 Å². The largest absolute Gasteiger partial charge is 0.450 e. The maximum Gasteiger partial charge on any atom is 0.410 e. The smallest absolute Gasteiger partial charge is 0.410 e. The van der Waals surface area contributed by atoms with Crippen LogP contribution in [0.25, 0.3) is 0 Å². The van der Waals surface area contributed by atoms with Crippen LogP contribution >= 0.6 is 0 Å². The van der Waals surface area contributed by atoms with E-state index in [0.717, 1.165) is 23.2 Å². The number of rotatable bonds is 6. The SMILES string of the molecule is CCOC(=O)N(CCc1ccc(N)cc1)Cc1ccc(N)cc1. The highest BCUT2D eigenvalue weighted by Gasteiger charge is 2.15. The maximum absolute atomic E-state index is 12.1. The highest BCUT2D eigenvalue weighted by atomic mass is 16.6. The van der Waals surface area contributed by atoms with Crippen molar-refractivity contribution < 1.29 is 9.53 Å². The van der Waals surface area contributed by atoms with Crippen LogP contribution in [0.2, 0.25) is 0 Å². The number of benzene rings is 2. The molecule has 122 valence electrons. The fourth-order valence-electron chi connectivity index (χ4n) is 2.24. The Balaban J connectivity index is 2.02. The van der Waals surface area contributed by atoms with Crippen molar-refractivity contribution in [2.24, 2.45) is 0 Å². The van der Waals surface area contributed by atoms with Gasteiger partial charge in [-0.05, 0) is 48.7 Å². The molecule has 0 spiro atoms. The van der Waals surface area contributed by atoms with Crippen LogP contribution in [0.3, 0.4) is 0 Å². The number of carbonyl (C=O) groups excluding carboxylic acids is 1. The summed E-state index contributed by atoms with van der Waals surface area (Å²) in [4.78, 5) is 13.8. The number of amides is 1. The van der Waals surface area contributed by atoms with Crippen LogP contribution in [0.15, 0.2) is 48.5 Å². The van der Waals surface area contributed by atoms with Gasteiger partial charge in [0.15, 0.2) is 0 Å². The topological polar surface area (TPSA) is 81.6 Å². The van der Waals surface area contributed by atoms with Gasteiger partial charge in [-0.2, -0.15) is 0 Å². The molecule has 0 aliphatic rings. The molecule has 5 heteroatoms. The molecule has 2 aromatic rings. The molecular weight excluding hydrogens is 290 g/mol. The van der Waals surface area contributed by atoms with E-state index in [1.807, 2.05) is 48.5 Å². The summed E-state index contributed by atoms with van der Waals surface area (Å²) in [7, 11) is 0. The molecule has 0 aliphatic carbocycles. The summed E-state index contributed by atoms with van der Waals surface area (Å²) < 4.78 is 5.15. The molecule has 0 fully saturated rings. The number of hydrogen-bond acceptors (Lipinski definition) is 4. The summed E-state index contributed by atoms with van der Waals surface area (Å²) in [5.41, 5.74) is 15.0. The highest BCUT2D eigenvalue weighted by molar-refractivity contribution is 5.67. The molecule has 0 saturated heterocycles. The normalized spacial score (nSPS) is 10.3. The quantitative estimate of drug-likeness (QED) is 0.803. The second-order valence-corrected chi connectivity index (χ2v) is 5.35. The van der Waals surface area contributed by atoms with Gasteiger partial charge in [-0.15, -0.1) is 0 Å². The van der Waals surface area contributed by atoms with Crippen molar-refractivity contribution >= 4 is 17.5 Å². The molecule has 1 amide bonds. The monoisotopic (exact) mass is 313 g/mol. The molecule has 2 aromatic carbocycles. The minimum Gasteiger partial charge on any atom is -0.450 e. The summed E-state index contributed by atoms with van der Waals surface area (Å²) in [6.45, 7) is 3.24. The van der Waals surface area contributed by atoms with Crippen LogP contribution in [0.4, 0.5) is 16.2 Å². The van der Waals surface area contributed by atoms with Crippen LogP contribution in [-0.2, 0) is 17.7 Å². The maximum atomic E-state index is 12.1. The molecule has 0 aliphatic heterocycles. The fourth-order valence-corrected chi connectivity index (χ4v) is 2.24. The van der Waals surface area contributed by atoms with E-state index >= 15 is 0 Å². The predicted molar refractivity (Wildman–Crippen MR) is 92.8 cm³/mol. The molecule has 5 nitrogen and oxygen atoms in total. The van der Waals surface area contributed by atoms with Gasteiger partial charge in [-0.25, -0.2) is 4.79 Å². The van der Waals surface area contributed by atoms with Crippen LogP contribution < -0.4 is 11.5 Å². The number of ether oxygens (including phenoxy) is 1. The zero-order valence-corrected chi connectivity index (χ0v) is 13.4. The van der Waals surface area contributed by atoms with Crippen LogP contribution in [0.1, 0.15) is 18.1 Å². The molecule has 2 rings (SSSR count). The van der Waals surface area contributed by atoms with Gasteiger partial charge < -0.3 is 21.1 Å². The predicted octanol–water partition coefficient (Wildman–Crippen LogP) is 3.05. The second kappa shape index (κ2) is 8.08. The average molecular weight is 313 g/mol. The standard InChI is InChI=1S/C18H23N3O2/c1-2-23-18(22)21(13-15-5-9-17(20)10-6-15)12-11-14-3-7-16(19)8-4-14/h3-10H,2,11-13,19-20H2,1H3. The Kier molecular flexibility index (Phi) is 5.86. The third-order valence-electron chi connectivity index (χ3n) is 3.53. The van der Waals surface area contributed by atoms with E-state index in [0.29, 0.717) is 25.4 Å². The molecule has 23 heavy (non-hydrogen) atoms. The molecule has 0 atom stereocenters. The molecule has 0 bridgehead atoms. The van der Waals surface area contributed by atoms with Gasteiger partial charge in [0.25, 0.3) is 0 Å². The lowest BCUT2D eigenvalue weighted by Crippen LogP contribution is -2.33. The third-order valence-corrected chi connectivity index (χ3v) is 3.53. The molecular formula is C18H23N3O2. The summed E-state index contributed by atoms with van der Waals surface area (Å²) in [6, 6.07) is 15.2. The molecule has 0 heterocycles. The number of nitrogen functional groups attached to an aromatic ring is 2. The molecule has 0 unspecified atom stereocenters. The van der Waals surface area contributed by atoms with E-state index in [-0.39, 0.29) is 6.09 Å². The first kappa shape index (κ1) is 16.7. The van der Waals surface area contributed by atoms with Gasteiger partial charge in [0, 0.05) is 24.5 Å². The van der Waals surface area contributed by atoms with Gasteiger partial charge in [0.1, 0.15) is 0 Å². The van der Waals surface area contributed by atoms with E-state index in [2.05, 4.69) is 0 Å². The second-order valence-electron chi connectivity index (χ2n) is 5.35. The highest BCUT2D eigenvalue weighted by Crippen LogP contribution is 2.12. The minimum atomic E-state index is -0.306. The van der Waals surface area contributed by atoms with Crippen molar-refractivity contribution in [2.45, 2.75) is 19.9 Å². The minimum absolute atomic E-state index is 0.306. The van der Waals surface area contributed by atoms with Crippen molar-refractivity contribution in [3.63, 3.8) is 0 Å². The van der Waals surface area contributed by atoms with E-state index in [1.54, 1.807) is 11.8 Å². The number of anilines is 2. The van der Waals surface area contributed by atoms with E-state index in [9.17, 15) is 4.79 Å². The third kappa shape index (κ3) is 5.21. The first-order valence-electron chi connectivity index (χ1n) is 7.69. The lowest BCUT2D eigenvalue weighted by Gasteiger charge is -2.22. The Labute approximate surface area is 136 Å². The van der Waals surface area contributed by atoms with Crippen LogP contribution in [-0.4, -0.2) is 24.1 Å². The van der Waals surface area contributed by atoms with Crippen molar-refractivity contribution in [1.82, 2.24) is 4.90 Å². The van der Waals surface area contributed by atoms with Gasteiger partial charge in [0.05, 0.1) is 6.61 Å². The summed E-state index contributed by atoms with van der Waals surface area (Å²) in [5, 5.41) is 0. The Morgan fingerprint density at radius 2 is 1.48 bits per heavy atom.